The molecular weight excluding hydrogens is 359 g/mol. The lowest BCUT2D eigenvalue weighted by molar-refractivity contribution is 0.0857. The molecule has 5 nitrogen and oxygen atoms in total. The number of hydrogen-bond donors (Lipinski definition) is 1. The van der Waals surface area contributed by atoms with E-state index in [1.54, 1.807) is 29.2 Å². The highest BCUT2D eigenvalue weighted by atomic mass is 19.1. The molecule has 0 aromatic heterocycles. The Morgan fingerprint density at radius 2 is 2.04 bits per heavy atom. The molecule has 0 radical (unpaired) electrons. The van der Waals surface area contributed by atoms with Gasteiger partial charge in [-0.25, -0.2) is 4.39 Å². The van der Waals surface area contributed by atoms with Crippen molar-refractivity contribution in [2.75, 3.05) is 24.6 Å². The van der Waals surface area contributed by atoms with Crippen LogP contribution in [0.25, 0.3) is 0 Å². The summed E-state index contributed by atoms with van der Waals surface area (Å²) in [6.07, 6.45) is 3.65. The number of carbonyl (C=O) groups excluding carboxylic acids is 2. The number of aryl methyl sites for hydroxylation is 1. The molecule has 4 rings (SSSR count). The zero-order valence-electron chi connectivity index (χ0n) is 15.6. The summed E-state index contributed by atoms with van der Waals surface area (Å²) in [5.41, 5.74) is 2.31. The number of halogens is 1. The summed E-state index contributed by atoms with van der Waals surface area (Å²) < 4.78 is 19.6. The van der Waals surface area contributed by atoms with Gasteiger partial charge in [-0.2, -0.15) is 0 Å². The van der Waals surface area contributed by atoms with E-state index in [1.165, 1.54) is 12.1 Å². The minimum atomic E-state index is -0.523. The van der Waals surface area contributed by atoms with Gasteiger partial charge in [0.1, 0.15) is 5.82 Å². The van der Waals surface area contributed by atoms with Gasteiger partial charge in [0.2, 0.25) is 0 Å². The van der Waals surface area contributed by atoms with Crippen LogP contribution in [0.1, 0.15) is 45.5 Å². The third-order valence-electron chi connectivity index (χ3n) is 5.32. The predicted molar refractivity (Wildman–Crippen MR) is 104 cm³/mol. The molecule has 1 atom stereocenters. The molecule has 1 saturated heterocycles. The number of nitrogens with zero attached hydrogens (tertiary/aromatic N) is 1. The van der Waals surface area contributed by atoms with Gasteiger partial charge in [-0.15, -0.1) is 0 Å². The van der Waals surface area contributed by atoms with Gasteiger partial charge in [-0.05, 0) is 61.6 Å². The van der Waals surface area contributed by atoms with Gasteiger partial charge in [-0.3, -0.25) is 9.59 Å². The molecule has 6 heteroatoms. The average molecular weight is 382 g/mol. The molecule has 2 amide bonds. The maximum Gasteiger partial charge on any atom is 0.261 e. The molecule has 0 bridgehead atoms. The van der Waals surface area contributed by atoms with Crippen LogP contribution in [-0.2, 0) is 11.2 Å². The topological polar surface area (TPSA) is 58.6 Å². The van der Waals surface area contributed by atoms with Crippen LogP contribution >= 0.6 is 0 Å². The van der Waals surface area contributed by atoms with Crippen molar-refractivity contribution < 1.29 is 18.7 Å². The second kappa shape index (κ2) is 8.10. The standard InChI is InChI=1S/C22H23FN2O3/c23-19-8-2-1-7-18(19)22(27)25-11-3-5-15-13-16(9-10-20(15)25)21(26)24-14-17-6-4-12-28-17/h1-2,7-10,13,17H,3-6,11-12,14H2,(H,24,26)/t17-/m1/s1. The van der Waals surface area contributed by atoms with E-state index in [-0.39, 0.29) is 23.5 Å². The van der Waals surface area contributed by atoms with Crippen LogP contribution in [-0.4, -0.2) is 37.6 Å². The number of hydrogen-bond acceptors (Lipinski definition) is 3. The zero-order chi connectivity index (χ0) is 19.5. The summed E-state index contributed by atoms with van der Waals surface area (Å²) in [4.78, 5) is 26.9. The molecule has 2 aromatic rings. The van der Waals surface area contributed by atoms with Crippen molar-refractivity contribution in [2.24, 2.45) is 0 Å². The van der Waals surface area contributed by atoms with E-state index in [0.29, 0.717) is 18.7 Å². The van der Waals surface area contributed by atoms with Crippen molar-refractivity contribution in [3.8, 4) is 0 Å². The van der Waals surface area contributed by atoms with Crippen LogP contribution in [0.2, 0.25) is 0 Å². The number of rotatable bonds is 4. The Morgan fingerprint density at radius 3 is 2.82 bits per heavy atom. The highest BCUT2D eigenvalue weighted by Crippen LogP contribution is 2.30. The Kier molecular flexibility index (Phi) is 5.39. The summed E-state index contributed by atoms with van der Waals surface area (Å²) in [6, 6.07) is 11.4. The predicted octanol–water partition coefficient (Wildman–Crippen LogP) is 3.33. The van der Waals surface area contributed by atoms with Crippen molar-refractivity contribution in [2.45, 2.75) is 31.8 Å². The number of amides is 2. The number of ether oxygens (including phenoxy) is 1. The zero-order valence-corrected chi connectivity index (χ0v) is 15.6. The SMILES string of the molecule is O=C(NC[C@H]1CCCO1)c1ccc2c(c1)CCCN2C(=O)c1ccccc1F. The van der Waals surface area contributed by atoms with Gasteiger partial charge in [0.25, 0.3) is 11.8 Å². The number of anilines is 1. The van der Waals surface area contributed by atoms with Crippen molar-refractivity contribution in [3.05, 3.63) is 65.0 Å². The number of nitrogens with one attached hydrogen (secondary N) is 1. The van der Waals surface area contributed by atoms with Crippen molar-refractivity contribution >= 4 is 17.5 Å². The van der Waals surface area contributed by atoms with Crippen molar-refractivity contribution in [1.82, 2.24) is 5.32 Å². The first-order valence-electron chi connectivity index (χ1n) is 9.72. The molecule has 2 aliphatic heterocycles. The summed E-state index contributed by atoms with van der Waals surface area (Å²) in [5, 5.41) is 2.92. The fourth-order valence-corrected chi connectivity index (χ4v) is 3.84. The van der Waals surface area contributed by atoms with E-state index in [0.717, 1.165) is 43.5 Å². The van der Waals surface area contributed by atoms with Gasteiger partial charge in [-0.1, -0.05) is 12.1 Å². The van der Waals surface area contributed by atoms with Crippen LogP contribution in [0, 0.1) is 5.82 Å². The number of fused-ring (bicyclic) bond motifs is 1. The first kappa shape index (κ1) is 18.6. The lowest BCUT2D eigenvalue weighted by Crippen LogP contribution is -2.36. The maximum absolute atomic E-state index is 14.0. The Balaban J connectivity index is 1.51. The second-order valence-corrected chi connectivity index (χ2v) is 7.23. The smallest absolute Gasteiger partial charge is 0.261 e. The second-order valence-electron chi connectivity index (χ2n) is 7.23. The highest BCUT2D eigenvalue weighted by molar-refractivity contribution is 6.07. The molecular formula is C22H23FN2O3. The van der Waals surface area contributed by atoms with Gasteiger partial charge >= 0.3 is 0 Å². The summed E-state index contributed by atoms with van der Waals surface area (Å²) in [7, 11) is 0. The third kappa shape index (κ3) is 3.78. The summed E-state index contributed by atoms with van der Waals surface area (Å²) in [5.74, 6) is -1.02. The largest absolute Gasteiger partial charge is 0.376 e. The summed E-state index contributed by atoms with van der Waals surface area (Å²) in [6.45, 7) is 1.80. The lowest BCUT2D eigenvalue weighted by Gasteiger charge is -2.30. The molecule has 0 saturated carbocycles. The Morgan fingerprint density at radius 1 is 1.18 bits per heavy atom. The van der Waals surface area contributed by atoms with E-state index in [4.69, 9.17) is 4.74 Å². The Hall–Kier alpha value is -2.73. The molecule has 2 aromatic carbocycles. The molecule has 146 valence electrons. The Labute approximate surface area is 163 Å². The lowest BCUT2D eigenvalue weighted by atomic mass is 9.98. The highest BCUT2D eigenvalue weighted by Gasteiger charge is 2.26. The molecule has 2 aliphatic rings. The first-order chi connectivity index (χ1) is 13.6. The molecule has 0 unspecified atom stereocenters. The molecule has 0 aliphatic carbocycles. The van der Waals surface area contributed by atoms with E-state index in [2.05, 4.69) is 5.32 Å². The fraction of sp³-hybridized carbons (Fsp3) is 0.364. The molecule has 1 N–H and O–H groups in total. The van der Waals surface area contributed by atoms with Crippen LogP contribution in [0.3, 0.4) is 0 Å². The third-order valence-corrected chi connectivity index (χ3v) is 5.32. The molecule has 1 fully saturated rings. The van der Waals surface area contributed by atoms with E-state index in [1.807, 2.05) is 6.07 Å². The van der Waals surface area contributed by atoms with Crippen molar-refractivity contribution in [3.63, 3.8) is 0 Å². The molecule has 2 heterocycles. The van der Waals surface area contributed by atoms with E-state index < -0.39 is 5.82 Å². The first-order valence-corrected chi connectivity index (χ1v) is 9.72. The number of benzene rings is 2. The summed E-state index contributed by atoms with van der Waals surface area (Å²) >= 11 is 0. The van der Waals surface area contributed by atoms with Gasteiger partial charge in [0.15, 0.2) is 0 Å². The Bertz CT molecular complexity index is 893. The van der Waals surface area contributed by atoms with Crippen LogP contribution in [0.4, 0.5) is 10.1 Å². The minimum Gasteiger partial charge on any atom is -0.376 e. The van der Waals surface area contributed by atoms with E-state index in [9.17, 15) is 14.0 Å². The number of carbonyl (C=O) groups is 2. The quantitative estimate of drug-likeness (QED) is 0.883. The van der Waals surface area contributed by atoms with Crippen molar-refractivity contribution in [1.29, 1.82) is 0 Å². The van der Waals surface area contributed by atoms with Gasteiger partial charge < -0.3 is 15.0 Å². The monoisotopic (exact) mass is 382 g/mol. The minimum absolute atomic E-state index is 0.0636. The fourth-order valence-electron chi connectivity index (χ4n) is 3.84. The van der Waals surface area contributed by atoms with Gasteiger partial charge in [0, 0.05) is 30.9 Å². The normalized spacial score (nSPS) is 18.6. The van der Waals surface area contributed by atoms with Crippen LogP contribution in [0.5, 0.6) is 0 Å². The van der Waals surface area contributed by atoms with Crippen LogP contribution in [0.15, 0.2) is 42.5 Å². The molecule has 28 heavy (non-hydrogen) atoms. The van der Waals surface area contributed by atoms with Gasteiger partial charge in [0.05, 0.1) is 11.7 Å². The van der Waals surface area contributed by atoms with Crippen LogP contribution < -0.4 is 10.2 Å². The maximum atomic E-state index is 14.0. The van der Waals surface area contributed by atoms with E-state index >= 15 is 0 Å². The average Bonchev–Trinajstić information content (AvgIpc) is 3.24. The molecule has 0 spiro atoms.